The highest BCUT2D eigenvalue weighted by atomic mass is 16.5. The molecule has 0 bridgehead atoms. The van der Waals surface area contributed by atoms with Gasteiger partial charge in [0.25, 0.3) is 0 Å². The molecule has 3 N–H and O–H groups in total. The summed E-state index contributed by atoms with van der Waals surface area (Å²) in [4.78, 5) is 13.1. The summed E-state index contributed by atoms with van der Waals surface area (Å²) in [5, 5.41) is 9.10. The minimum atomic E-state index is -0.935. The maximum atomic E-state index is 11.1. The molecule has 1 aliphatic heterocycles. The third kappa shape index (κ3) is 2.19. The zero-order valence-electron chi connectivity index (χ0n) is 9.93. The first-order valence-corrected chi connectivity index (χ1v) is 5.45. The Labute approximate surface area is 99.8 Å². The van der Waals surface area contributed by atoms with Gasteiger partial charge in [0.15, 0.2) is 0 Å². The van der Waals surface area contributed by atoms with Crippen molar-refractivity contribution in [3.63, 3.8) is 0 Å². The summed E-state index contributed by atoms with van der Waals surface area (Å²) < 4.78 is 5.71. The summed E-state index contributed by atoms with van der Waals surface area (Å²) in [6, 6.07) is 3.12. The van der Waals surface area contributed by atoms with Crippen LogP contribution in [0.1, 0.15) is 15.9 Å². The van der Waals surface area contributed by atoms with Crippen molar-refractivity contribution in [2.75, 3.05) is 26.4 Å². The van der Waals surface area contributed by atoms with Gasteiger partial charge < -0.3 is 20.5 Å². The van der Waals surface area contributed by atoms with Crippen molar-refractivity contribution in [3.05, 3.63) is 23.3 Å². The summed E-state index contributed by atoms with van der Waals surface area (Å²) in [5.74, 6) is -0.396. The molecule has 1 aromatic carbocycles. The van der Waals surface area contributed by atoms with Crippen molar-refractivity contribution in [1.82, 2.24) is 4.90 Å². The normalized spacial score (nSPS) is 17.9. The van der Waals surface area contributed by atoms with Gasteiger partial charge in [-0.1, -0.05) is 0 Å². The maximum Gasteiger partial charge on any atom is 0.336 e. The highest BCUT2D eigenvalue weighted by Gasteiger charge is 2.29. The second kappa shape index (κ2) is 4.25. The van der Waals surface area contributed by atoms with Gasteiger partial charge in [-0.15, -0.1) is 0 Å². The molecule has 0 radical (unpaired) electrons. The van der Waals surface area contributed by atoms with E-state index in [2.05, 4.69) is 0 Å². The molecule has 0 aromatic heterocycles. The van der Waals surface area contributed by atoms with E-state index in [1.165, 1.54) is 6.07 Å². The van der Waals surface area contributed by atoms with E-state index in [0.29, 0.717) is 23.4 Å². The smallest absolute Gasteiger partial charge is 0.336 e. The Balaban J connectivity index is 2.32. The highest BCUT2D eigenvalue weighted by molar-refractivity contribution is 5.91. The molecule has 0 fully saturated rings. The second-order valence-corrected chi connectivity index (χ2v) is 4.52. The molecular weight excluding hydrogens is 220 g/mol. The molecule has 0 spiro atoms. The van der Waals surface area contributed by atoms with Crippen LogP contribution >= 0.6 is 0 Å². The molecule has 2 rings (SSSR count). The van der Waals surface area contributed by atoms with Gasteiger partial charge in [-0.05, 0) is 26.2 Å². The first-order chi connectivity index (χ1) is 7.99. The van der Waals surface area contributed by atoms with Gasteiger partial charge in [0.1, 0.15) is 11.9 Å². The van der Waals surface area contributed by atoms with Gasteiger partial charge in [0.05, 0.1) is 11.3 Å². The van der Waals surface area contributed by atoms with Crippen LogP contribution in [0.25, 0.3) is 0 Å². The molecule has 0 aliphatic carbocycles. The summed E-state index contributed by atoms with van der Waals surface area (Å²) in [5.41, 5.74) is 7.31. The third-order valence-electron chi connectivity index (χ3n) is 2.81. The van der Waals surface area contributed by atoms with Gasteiger partial charge in [-0.3, -0.25) is 0 Å². The summed E-state index contributed by atoms with van der Waals surface area (Å²) in [6.07, 6.45) is 0.572. The van der Waals surface area contributed by atoms with Crippen LogP contribution in [0.15, 0.2) is 12.1 Å². The Morgan fingerprint density at radius 2 is 2.29 bits per heavy atom. The van der Waals surface area contributed by atoms with E-state index < -0.39 is 5.97 Å². The topological polar surface area (TPSA) is 75.8 Å². The minimum absolute atomic E-state index is 0.0252. The Morgan fingerprint density at radius 3 is 2.88 bits per heavy atom. The van der Waals surface area contributed by atoms with Gasteiger partial charge in [-0.25, -0.2) is 4.79 Å². The van der Waals surface area contributed by atoms with Gasteiger partial charge in [-0.2, -0.15) is 0 Å². The first kappa shape index (κ1) is 11.7. The second-order valence-electron chi connectivity index (χ2n) is 4.52. The number of likely N-dealkylation sites (N-methyl/N-ethyl adjacent to an activating group) is 1. The van der Waals surface area contributed by atoms with Crippen molar-refractivity contribution in [1.29, 1.82) is 0 Å². The average molecular weight is 236 g/mol. The number of carbonyl (C=O) groups is 1. The molecule has 5 heteroatoms. The van der Waals surface area contributed by atoms with Crippen molar-refractivity contribution in [3.8, 4) is 5.75 Å². The predicted molar refractivity (Wildman–Crippen MR) is 64.5 cm³/mol. The Morgan fingerprint density at radius 1 is 1.59 bits per heavy atom. The molecule has 92 valence electrons. The fourth-order valence-corrected chi connectivity index (χ4v) is 2.13. The van der Waals surface area contributed by atoms with Crippen LogP contribution in [0.3, 0.4) is 0 Å². The predicted octanol–water partition coefficient (Wildman–Crippen LogP) is 0.832. The number of nitrogen functional groups attached to an aromatic ring is 1. The monoisotopic (exact) mass is 236 g/mol. The number of carboxylic acid groups (broad SMARTS) is 1. The van der Waals surface area contributed by atoms with Gasteiger partial charge in [0.2, 0.25) is 0 Å². The maximum absolute atomic E-state index is 11.1. The molecule has 17 heavy (non-hydrogen) atoms. The highest BCUT2D eigenvalue weighted by Crippen LogP contribution is 2.37. The zero-order chi connectivity index (χ0) is 12.6. The Bertz CT molecular complexity index is 457. The average Bonchev–Trinajstić information content (AvgIpc) is 2.60. The molecule has 1 aliphatic rings. The summed E-state index contributed by atoms with van der Waals surface area (Å²) in [7, 11) is 3.90. The van der Waals surface area contributed by atoms with Crippen LogP contribution in [-0.2, 0) is 6.42 Å². The van der Waals surface area contributed by atoms with E-state index in [1.54, 1.807) is 6.07 Å². The number of carboxylic acids is 1. The first-order valence-electron chi connectivity index (χ1n) is 5.45. The number of fused-ring (bicyclic) bond motifs is 1. The van der Waals surface area contributed by atoms with Gasteiger partial charge >= 0.3 is 5.97 Å². The standard InChI is InChI=1S/C12H16N2O3/c1-14(2)6-7-5-9-8(12(15)16)3-4-10(13)11(9)17-7/h3-4,7H,5-6,13H2,1-2H3,(H,15,16). The molecule has 0 amide bonds. The largest absolute Gasteiger partial charge is 0.486 e. The molecule has 1 atom stereocenters. The molecule has 1 aromatic rings. The number of nitrogens with two attached hydrogens (primary N) is 1. The summed E-state index contributed by atoms with van der Waals surface area (Å²) in [6.45, 7) is 0.743. The SMILES string of the molecule is CN(C)CC1Cc2c(C(=O)O)ccc(N)c2O1. The van der Waals surface area contributed by atoms with Crippen molar-refractivity contribution < 1.29 is 14.6 Å². The van der Waals surface area contributed by atoms with Gasteiger partial charge in [0, 0.05) is 18.5 Å². The van der Waals surface area contributed by atoms with Crippen molar-refractivity contribution in [2.24, 2.45) is 0 Å². The lowest BCUT2D eigenvalue weighted by Gasteiger charge is -2.16. The number of aromatic carboxylic acids is 1. The zero-order valence-corrected chi connectivity index (χ0v) is 9.93. The van der Waals surface area contributed by atoms with Crippen LogP contribution in [-0.4, -0.2) is 42.7 Å². The number of nitrogens with zero attached hydrogens (tertiary/aromatic N) is 1. The van der Waals surface area contributed by atoms with Crippen molar-refractivity contribution >= 4 is 11.7 Å². The van der Waals surface area contributed by atoms with Crippen LogP contribution in [0.4, 0.5) is 5.69 Å². The Kier molecular flexibility index (Phi) is 2.93. The molecule has 1 heterocycles. The van der Waals surface area contributed by atoms with Crippen LogP contribution in [0.2, 0.25) is 0 Å². The fourth-order valence-electron chi connectivity index (χ4n) is 2.13. The third-order valence-corrected chi connectivity index (χ3v) is 2.81. The number of ether oxygens (including phenoxy) is 1. The lowest BCUT2D eigenvalue weighted by Crippen LogP contribution is -2.29. The van der Waals surface area contributed by atoms with E-state index >= 15 is 0 Å². The number of hydrogen-bond donors (Lipinski definition) is 2. The van der Waals surface area contributed by atoms with E-state index in [0.717, 1.165) is 6.54 Å². The number of rotatable bonds is 3. The molecule has 0 saturated heterocycles. The molecule has 1 unspecified atom stereocenters. The number of hydrogen-bond acceptors (Lipinski definition) is 4. The van der Waals surface area contributed by atoms with E-state index in [9.17, 15) is 4.79 Å². The van der Waals surface area contributed by atoms with E-state index in [1.807, 2.05) is 19.0 Å². The Hall–Kier alpha value is -1.75. The molecule has 0 saturated carbocycles. The number of benzene rings is 1. The minimum Gasteiger partial charge on any atom is -0.486 e. The van der Waals surface area contributed by atoms with Crippen molar-refractivity contribution in [2.45, 2.75) is 12.5 Å². The van der Waals surface area contributed by atoms with E-state index in [4.69, 9.17) is 15.6 Å². The number of anilines is 1. The van der Waals surface area contributed by atoms with Crippen LogP contribution in [0.5, 0.6) is 5.75 Å². The van der Waals surface area contributed by atoms with E-state index in [-0.39, 0.29) is 11.7 Å². The fraction of sp³-hybridized carbons (Fsp3) is 0.417. The lowest BCUT2D eigenvalue weighted by atomic mass is 10.0. The lowest BCUT2D eigenvalue weighted by molar-refractivity contribution is 0.0696. The molecule has 5 nitrogen and oxygen atoms in total. The quantitative estimate of drug-likeness (QED) is 0.760. The van der Waals surface area contributed by atoms with Crippen LogP contribution < -0.4 is 10.5 Å². The van der Waals surface area contributed by atoms with Crippen LogP contribution in [0, 0.1) is 0 Å². The molecular formula is C12H16N2O3. The summed E-state index contributed by atoms with van der Waals surface area (Å²) >= 11 is 0.